The molecular formula is C23H21N3O5S. The van der Waals surface area contributed by atoms with Gasteiger partial charge in [-0.1, -0.05) is 35.5 Å². The molecule has 0 fully saturated rings. The maximum absolute atomic E-state index is 13.3. The number of nitrogens with zero attached hydrogens (tertiary/aromatic N) is 3. The molecular weight excluding hydrogens is 430 g/mol. The number of sulfone groups is 1. The summed E-state index contributed by atoms with van der Waals surface area (Å²) in [5, 5.41) is 17.6. The maximum atomic E-state index is 13.3. The molecule has 3 aromatic carbocycles. The van der Waals surface area contributed by atoms with Crippen molar-refractivity contribution in [2.24, 2.45) is 0 Å². The van der Waals surface area contributed by atoms with Crippen LogP contribution in [0.25, 0.3) is 16.9 Å². The van der Waals surface area contributed by atoms with E-state index >= 15 is 0 Å². The van der Waals surface area contributed by atoms with Crippen LogP contribution in [0.2, 0.25) is 0 Å². The molecule has 32 heavy (non-hydrogen) atoms. The Labute approximate surface area is 185 Å². The van der Waals surface area contributed by atoms with E-state index in [1.165, 1.54) is 22.9 Å². The molecule has 4 rings (SSSR count). The van der Waals surface area contributed by atoms with E-state index in [1.54, 1.807) is 68.9 Å². The van der Waals surface area contributed by atoms with E-state index in [1.807, 2.05) is 0 Å². The van der Waals surface area contributed by atoms with Gasteiger partial charge in [0.15, 0.2) is 0 Å². The number of hydrogen-bond donors (Lipinski definition) is 1. The number of aliphatic hydroxyl groups is 1. The van der Waals surface area contributed by atoms with Crippen LogP contribution in [-0.2, 0) is 16.4 Å². The molecule has 0 aliphatic carbocycles. The first kappa shape index (κ1) is 21.5. The molecule has 0 atom stereocenters. The van der Waals surface area contributed by atoms with Crippen molar-refractivity contribution in [1.82, 2.24) is 15.0 Å². The van der Waals surface area contributed by atoms with Crippen LogP contribution in [0.4, 0.5) is 0 Å². The van der Waals surface area contributed by atoms with Crippen LogP contribution in [0.5, 0.6) is 11.5 Å². The van der Waals surface area contributed by atoms with Gasteiger partial charge in [-0.05, 0) is 35.9 Å². The molecule has 0 unspecified atom stereocenters. The minimum absolute atomic E-state index is 0.112. The second kappa shape index (κ2) is 8.81. The van der Waals surface area contributed by atoms with Crippen LogP contribution in [0, 0.1) is 0 Å². The average molecular weight is 452 g/mol. The Morgan fingerprint density at radius 1 is 0.969 bits per heavy atom. The lowest BCUT2D eigenvalue weighted by Crippen LogP contribution is -2.04. The van der Waals surface area contributed by atoms with Crippen molar-refractivity contribution in [2.45, 2.75) is 16.4 Å². The molecule has 1 N–H and O–H groups in total. The fourth-order valence-electron chi connectivity index (χ4n) is 3.29. The summed E-state index contributed by atoms with van der Waals surface area (Å²) in [5.74, 6) is 1.18. The van der Waals surface area contributed by atoms with Gasteiger partial charge in [0.25, 0.3) is 0 Å². The number of ether oxygens (including phenoxy) is 2. The zero-order valence-electron chi connectivity index (χ0n) is 17.5. The molecule has 0 saturated heterocycles. The quantitative estimate of drug-likeness (QED) is 0.460. The van der Waals surface area contributed by atoms with Crippen molar-refractivity contribution in [3.05, 3.63) is 78.5 Å². The van der Waals surface area contributed by atoms with Crippen LogP contribution in [0.1, 0.15) is 5.56 Å². The van der Waals surface area contributed by atoms with Gasteiger partial charge in [0.2, 0.25) is 9.84 Å². The number of benzene rings is 3. The Balaban J connectivity index is 1.79. The van der Waals surface area contributed by atoms with Gasteiger partial charge in [-0.15, -0.1) is 5.10 Å². The van der Waals surface area contributed by atoms with Crippen LogP contribution in [0.3, 0.4) is 0 Å². The van der Waals surface area contributed by atoms with Crippen LogP contribution >= 0.6 is 0 Å². The van der Waals surface area contributed by atoms with E-state index in [9.17, 15) is 13.5 Å². The molecule has 8 nitrogen and oxygen atoms in total. The van der Waals surface area contributed by atoms with Crippen molar-refractivity contribution in [3.8, 4) is 28.4 Å². The molecule has 0 bridgehead atoms. The van der Waals surface area contributed by atoms with Crippen molar-refractivity contribution in [1.29, 1.82) is 0 Å². The lowest BCUT2D eigenvalue weighted by atomic mass is 10.2. The number of rotatable bonds is 7. The number of methoxy groups -OCH3 is 2. The SMILES string of the molecule is COc1ccc(OC)c(-n2cc(-c3ccccc3S(=O)(=O)c3ccc(CO)cc3)nn2)c1. The Bertz CT molecular complexity index is 1350. The van der Waals surface area contributed by atoms with E-state index in [0.717, 1.165) is 0 Å². The molecule has 1 aromatic heterocycles. The van der Waals surface area contributed by atoms with Crippen molar-refractivity contribution >= 4 is 9.84 Å². The lowest BCUT2D eigenvalue weighted by molar-refractivity contribution is 0.282. The number of aliphatic hydroxyl groups excluding tert-OH is 1. The Morgan fingerprint density at radius 3 is 2.41 bits per heavy atom. The Hall–Kier alpha value is -3.69. The first-order valence-electron chi connectivity index (χ1n) is 9.67. The fourth-order valence-corrected chi connectivity index (χ4v) is 4.76. The van der Waals surface area contributed by atoms with Crippen LogP contribution in [0.15, 0.2) is 82.7 Å². The third-order valence-electron chi connectivity index (χ3n) is 4.99. The number of hydrogen-bond acceptors (Lipinski definition) is 7. The zero-order chi connectivity index (χ0) is 22.7. The molecule has 1 heterocycles. The van der Waals surface area contributed by atoms with Crippen LogP contribution < -0.4 is 9.47 Å². The first-order chi connectivity index (χ1) is 15.5. The highest BCUT2D eigenvalue weighted by molar-refractivity contribution is 7.91. The topological polar surface area (TPSA) is 104 Å². The molecule has 0 spiro atoms. The molecule has 164 valence electrons. The van der Waals surface area contributed by atoms with Crippen molar-refractivity contribution < 1.29 is 23.0 Å². The largest absolute Gasteiger partial charge is 0.497 e. The van der Waals surface area contributed by atoms with Gasteiger partial charge in [0.1, 0.15) is 22.9 Å². The van der Waals surface area contributed by atoms with E-state index < -0.39 is 9.84 Å². The summed E-state index contributed by atoms with van der Waals surface area (Å²) in [4.78, 5) is 0.241. The monoisotopic (exact) mass is 451 g/mol. The van der Waals surface area contributed by atoms with Crippen molar-refractivity contribution in [3.63, 3.8) is 0 Å². The maximum Gasteiger partial charge on any atom is 0.207 e. The van der Waals surface area contributed by atoms with E-state index in [-0.39, 0.29) is 16.4 Å². The minimum Gasteiger partial charge on any atom is -0.497 e. The molecule has 4 aromatic rings. The number of aromatic nitrogens is 3. The van der Waals surface area contributed by atoms with Gasteiger partial charge in [0.05, 0.1) is 36.8 Å². The standard InChI is InChI=1S/C23H21N3O5S/c1-30-17-9-12-22(31-2)21(13-17)26-14-20(24-25-26)19-5-3-4-6-23(19)32(28,29)18-10-7-16(15-27)8-11-18/h3-14,27H,15H2,1-2H3. The highest BCUT2D eigenvalue weighted by atomic mass is 32.2. The second-order valence-corrected chi connectivity index (χ2v) is 8.81. The molecule has 0 radical (unpaired) electrons. The fraction of sp³-hybridized carbons (Fsp3) is 0.130. The highest BCUT2D eigenvalue weighted by Gasteiger charge is 2.23. The molecule has 0 aliphatic heterocycles. The summed E-state index contributed by atoms with van der Waals surface area (Å²) in [6.07, 6.45) is 1.64. The van der Waals surface area contributed by atoms with E-state index in [4.69, 9.17) is 9.47 Å². The zero-order valence-corrected chi connectivity index (χ0v) is 18.3. The Morgan fingerprint density at radius 2 is 1.72 bits per heavy atom. The summed E-state index contributed by atoms with van der Waals surface area (Å²) in [6.45, 7) is -0.159. The normalized spacial score (nSPS) is 11.3. The Kier molecular flexibility index (Phi) is 5.93. The molecule has 0 saturated carbocycles. The third-order valence-corrected chi connectivity index (χ3v) is 6.82. The predicted octanol–water partition coefficient (Wildman–Crippen LogP) is 3.28. The van der Waals surface area contributed by atoms with E-state index in [0.29, 0.717) is 34.0 Å². The summed E-state index contributed by atoms with van der Waals surface area (Å²) >= 11 is 0. The lowest BCUT2D eigenvalue weighted by Gasteiger charge is -2.10. The minimum atomic E-state index is -3.82. The predicted molar refractivity (Wildman–Crippen MR) is 118 cm³/mol. The van der Waals surface area contributed by atoms with Gasteiger partial charge in [-0.25, -0.2) is 13.1 Å². The molecule has 0 aliphatic rings. The van der Waals surface area contributed by atoms with Gasteiger partial charge in [-0.3, -0.25) is 0 Å². The summed E-state index contributed by atoms with van der Waals surface area (Å²) < 4.78 is 38.9. The average Bonchev–Trinajstić information content (AvgIpc) is 3.33. The highest BCUT2D eigenvalue weighted by Crippen LogP contribution is 2.32. The van der Waals surface area contributed by atoms with Crippen LogP contribution in [-0.4, -0.2) is 42.7 Å². The van der Waals surface area contributed by atoms with Gasteiger partial charge >= 0.3 is 0 Å². The van der Waals surface area contributed by atoms with Gasteiger partial charge in [0, 0.05) is 11.6 Å². The van der Waals surface area contributed by atoms with Gasteiger partial charge < -0.3 is 14.6 Å². The molecule has 9 heteroatoms. The van der Waals surface area contributed by atoms with Gasteiger partial charge in [-0.2, -0.15) is 0 Å². The smallest absolute Gasteiger partial charge is 0.207 e. The summed E-state index contributed by atoms with van der Waals surface area (Å²) in [6, 6.07) is 18.0. The molecule has 0 amide bonds. The second-order valence-electron chi connectivity index (χ2n) is 6.89. The first-order valence-corrected chi connectivity index (χ1v) is 11.2. The van der Waals surface area contributed by atoms with E-state index in [2.05, 4.69) is 10.3 Å². The summed E-state index contributed by atoms with van der Waals surface area (Å²) in [5.41, 5.74) is 2.05. The van der Waals surface area contributed by atoms with Crippen molar-refractivity contribution in [2.75, 3.05) is 14.2 Å². The third kappa shape index (κ3) is 3.95. The summed E-state index contributed by atoms with van der Waals surface area (Å²) in [7, 11) is -0.714.